The third-order valence-corrected chi connectivity index (χ3v) is 5.82. The largest absolute Gasteiger partial charge is 0.379 e. The van der Waals surface area contributed by atoms with Gasteiger partial charge in [-0.2, -0.15) is 0 Å². The number of nitrogens with zero attached hydrogens (tertiary/aromatic N) is 2. The Labute approximate surface area is 159 Å². The number of sulfone groups is 1. The summed E-state index contributed by atoms with van der Waals surface area (Å²) in [4.78, 5) is 6.79. The number of guanidine groups is 1. The van der Waals surface area contributed by atoms with Gasteiger partial charge in [0.25, 0.3) is 0 Å². The fourth-order valence-corrected chi connectivity index (χ4v) is 3.91. The Hall–Kier alpha value is -0.860. The highest BCUT2D eigenvalue weighted by Gasteiger charge is 2.24. The lowest BCUT2D eigenvalue weighted by atomic mass is 9.90. The van der Waals surface area contributed by atoms with Crippen LogP contribution in [0.2, 0.25) is 0 Å². The molecule has 0 aromatic heterocycles. The number of rotatable bonds is 9. The van der Waals surface area contributed by atoms with Gasteiger partial charge in [0.2, 0.25) is 0 Å². The Morgan fingerprint density at radius 2 is 1.85 bits per heavy atom. The van der Waals surface area contributed by atoms with E-state index in [4.69, 9.17) is 4.74 Å². The van der Waals surface area contributed by atoms with Crippen LogP contribution in [-0.2, 0) is 14.6 Å². The van der Waals surface area contributed by atoms with Crippen molar-refractivity contribution >= 4 is 15.8 Å². The minimum Gasteiger partial charge on any atom is -0.379 e. The Bertz CT molecular complexity index is 541. The van der Waals surface area contributed by atoms with Gasteiger partial charge in [0, 0.05) is 45.5 Å². The summed E-state index contributed by atoms with van der Waals surface area (Å²) in [7, 11) is -1.17. The summed E-state index contributed by atoms with van der Waals surface area (Å²) in [6.45, 7) is 13.7. The van der Waals surface area contributed by atoms with Gasteiger partial charge in [-0.3, -0.25) is 9.89 Å². The highest BCUT2D eigenvalue weighted by molar-refractivity contribution is 7.90. The number of hydrogen-bond donors (Lipinski definition) is 2. The summed E-state index contributed by atoms with van der Waals surface area (Å²) < 4.78 is 28.2. The molecule has 0 aromatic rings. The van der Waals surface area contributed by atoms with E-state index in [2.05, 4.69) is 48.2 Å². The summed E-state index contributed by atoms with van der Waals surface area (Å²) in [6.07, 6.45) is 1.91. The first kappa shape index (κ1) is 23.2. The second kappa shape index (κ2) is 10.5. The molecular formula is C18H38N4O3S. The zero-order valence-electron chi connectivity index (χ0n) is 17.3. The van der Waals surface area contributed by atoms with E-state index in [1.807, 2.05) is 0 Å². The second-order valence-corrected chi connectivity index (χ2v) is 10.6. The van der Waals surface area contributed by atoms with Crippen LogP contribution in [0.5, 0.6) is 0 Å². The van der Waals surface area contributed by atoms with Gasteiger partial charge in [0.05, 0.1) is 19.0 Å². The Kier molecular flexibility index (Phi) is 9.33. The van der Waals surface area contributed by atoms with Gasteiger partial charge in [0.1, 0.15) is 9.84 Å². The van der Waals surface area contributed by atoms with Crippen molar-refractivity contribution in [1.82, 2.24) is 15.5 Å². The van der Waals surface area contributed by atoms with E-state index in [9.17, 15) is 8.42 Å². The molecule has 1 aliphatic rings. The molecule has 0 saturated carbocycles. The fourth-order valence-electron chi connectivity index (χ4n) is 2.99. The molecule has 0 aromatic carbocycles. The van der Waals surface area contributed by atoms with E-state index in [1.165, 1.54) is 6.26 Å². The van der Waals surface area contributed by atoms with Gasteiger partial charge in [-0.15, -0.1) is 0 Å². The molecule has 1 rings (SSSR count). The van der Waals surface area contributed by atoms with E-state index >= 15 is 0 Å². The molecule has 0 spiro atoms. The molecule has 0 bridgehead atoms. The molecule has 1 heterocycles. The first-order valence-electron chi connectivity index (χ1n) is 9.48. The van der Waals surface area contributed by atoms with Gasteiger partial charge in [-0.05, 0) is 17.8 Å². The standard InChI is InChI=1S/C18H38N4O3S/c1-15(2)16(22-8-10-25-11-9-22)13-20-17(19-5)21-14-18(3,4)7-12-26(6,23)24/h15-16H,7-14H2,1-6H3,(H2,19,20,21). The quantitative estimate of drug-likeness (QED) is 0.451. The van der Waals surface area contributed by atoms with Crippen LogP contribution in [0.4, 0.5) is 0 Å². The zero-order valence-corrected chi connectivity index (χ0v) is 18.2. The van der Waals surface area contributed by atoms with Crippen LogP contribution in [0.15, 0.2) is 4.99 Å². The highest BCUT2D eigenvalue weighted by Crippen LogP contribution is 2.19. The molecule has 1 saturated heterocycles. The molecule has 1 aliphatic heterocycles. The lowest BCUT2D eigenvalue weighted by Gasteiger charge is -2.37. The van der Waals surface area contributed by atoms with Crippen LogP contribution in [-0.4, -0.2) is 83.8 Å². The van der Waals surface area contributed by atoms with Gasteiger partial charge in [-0.25, -0.2) is 8.42 Å². The number of hydrogen-bond acceptors (Lipinski definition) is 5. The van der Waals surface area contributed by atoms with Crippen LogP contribution in [0.25, 0.3) is 0 Å². The van der Waals surface area contributed by atoms with Crippen LogP contribution in [0, 0.1) is 11.3 Å². The van der Waals surface area contributed by atoms with Crippen LogP contribution >= 0.6 is 0 Å². The van der Waals surface area contributed by atoms with Crippen molar-refractivity contribution in [3.63, 3.8) is 0 Å². The molecule has 0 amide bonds. The molecule has 2 N–H and O–H groups in total. The lowest BCUT2D eigenvalue weighted by Crippen LogP contribution is -2.53. The predicted octanol–water partition coefficient (Wildman–Crippen LogP) is 0.969. The van der Waals surface area contributed by atoms with Crippen molar-refractivity contribution in [3.05, 3.63) is 0 Å². The molecule has 7 nitrogen and oxygen atoms in total. The third kappa shape index (κ3) is 9.19. The van der Waals surface area contributed by atoms with E-state index in [0.29, 0.717) is 24.9 Å². The third-order valence-electron chi connectivity index (χ3n) is 4.87. The van der Waals surface area contributed by atoms with Crippen LogP contribution in [0.3, 0.4) is 0 Å². The first-order valence-corrected chi connectivity index (χ1v) is 11.5. The summed E-state index contributed by atoms with van der Waals surface area (Å²) >= 11 is 0. The SMILES string of the molecule is CN=C(NCC(C(C)C)N1CCOCC1)NCC(C)(C)CCS(C)(=O)=O. The predicted molar refractivity (Wildman–Crippen MR) is 108 cm³/mol. The number of nitrogens with one attached hydrogen (secondary N) is 2. The van der Waals surface area contributed by atoms with E-state index in [-0.39, 0.29) is 11.2 Å². The summed E-state index contributed by atoms with van der Waals surface area (Å²) in [5.74, 6) is 1.50. The van der Waals surface area contributed by atoms with Gasteiger partial charge >= 0.3 is 0 Å². The van der Waals surface area contributed by atoms with Crippen molar-refractivity contribution in [2.45, 2.75) is 40.2 Å². The topological polar surface area (TPSA) is 83.0 Å². The molecule has 8 heteroatoms. The maximum atomic E-state index is 11.4. The molecule has 1 fully saturated rings. The second-order valence-electron chi connectivity index (χ2n) is 8.31. The molecule has 154 valence electrons. The van der Waals surface area contributed by atoms with Crippen molar-refractivity contribution in [3.8, 4) is 0 Å². The summed E-state index contributed by atoms with van der Waals surface area (Å²) in [5.41, 5.74) is -0.123. The Morgan fingerprint density at radius 1 is 1.23 bits per heavy atom. The molecule has 0 radical (unpaired) electrons. The highest BCUT2D eigenvalue weighted by atomic mass is 32.2. The minimum atomic E-state index is -2.93. The smallest absolute Gasteiger partial charge is 0.191 e. The summed E-state index contributed by atoms with van der Waals surface area (Å²) in [6, 6.07) is 0.427. The van der Waals surface area contributed by atoms with Gasteiger partial charge < -0.3 is 15.4 Å². The molecule has 1 atom stereocenters. The lowest BCUT2D eigenvalue weighted by molar-refractivity contribution is 0.00751. The molecule has 26 heavy (non-hydrogen) atoms. The van der Waals surface area contributed by atoms with Crippen molar-refractivity contribution in [1.29, 1.82) is 0 Å². The van der Waals surface area contributed by atoms with Crippen molar-refractivity contribution in [2.75, 3.05) is 58.4 Å². The first-order chi connectivity index (χ1) is 12.0. The average Bonchev–Trinajstić information content (AvgIpc) is 2.56. The fraction of sp³-hybridized carbons (Fsp3) is 0.944. The summed E-state index contributed by atoms with van der Waals surface area (Å²) in [5, 5.41) is 6.78. The van der Waals surface area contributed by atoms with E-state index in [0.717, 1.165) is 38.8 Å². The molecule has 0 aliphatic carbocycles. The van der Waals surface area contributed by atoms with Gasteiger partial charge in [-0.1, -0.05) is 27.7 Å². The number of morpholine rings is 1. The van der Waals surface area contributed by atoms with Crippen molar-refractivity contribution in [2.24, 2.45) is 16.3 Å². The molecule has 1 unspecified atom stereocenters. The van der Waals surface area contributed by atoms with Crippen LogP contribution in [0.1, 0.15) is 34.1 Å². The zero-order chi connectivity index (χ0) is 19.8. The Balaban J connectivity index is 2.50. The monoisotopic (exact) mass is 390 g/mol. The maximum absolute atomic E-state index is 11.4. The van der Waals surface area contributed by atoms with Crippen molar-refractivity contribution < 1.29 is 13.2 Å². The maximum Gasteiger partial charge on any atom is 0.191 e. The molecular weight excluding hydrogens is 352 g/mol. The Morgan fingerprint density at radius 3 is 2.35 bits per heavy atom. The van der Waals surface area contributed by atoms with E-state index in [1.54, 1.807) is 7.05 Å². The minimum absolute atomic E-state index is 0.123. The number of ether oxygens (including phenoxy) is 1. The normalized spacial score (nSPS) is 18.8. The van der Waals surface area contributed by atoms with Crippen LogP contribution < -0.4 is 10.6 Å². The average molecular weight is 391 g/mol. The van der Waals surface area contributed by atoms with E-state index < -0.39 is 9.84 Å². The van der Waals surface area contributed by atoms with Gasteiger partial charge in [0.15, 0.2) is 5.96 Å². The number of aliphatic imine (C=N–C) groups is 1.